The van der Waals surface area contributed by atoms with Gasteiger partial charge in [0.15, 0.2) is 5.84 Å². The normalized spacial score (nSPS) is 24.6. The van der Waals surface area contributed by atoms with Gasteiger partial charge in [-0.15, -0.1) is 0 Å². The number of rotatable bonds is 2. The molecule has 0 aromatic heterocycles. The predicted molar refractivity (Wildman–Crippen MR) is 78.8 cm³/mol. The van der Waals surface area contributed by atoms with Gasteiger partial charge in [0, 0.05) is 24.3 Å². The lowest BCUT2D eigenvalue weighted by molar-refractivity contribution is 0.318. The zero-order chi connectivity index (χ0) is 14.0. The highest BCUT2D eigenvalue weighted by atomic mass is 16.4. The van der Waals surface area contributed by atoms with E-state index in [0.717, 1.165) is 30.3 Å². The van der Waals surface area contributed by atoms with Crippen LogP contribution in [0.2, 0.25) is 0 Å². The molecule has 1 aromatic carbocycles. The fraction of sp³-hybridized carbons (Fsp3) is 0.533. The molecule has 0 radical (unpaired) electrons. The first-order valence-electron chi connectivity index (χ1n) is 6.86. The second kappa shape index (κ2) is 5.51. The second-order valence-electron chi connectivity index (χ2n) is 5.70. The van der Waals surface area contributed by atoms with E-state index in [0.29, 0.717) is 5.92 Å². The van der Waals surface area contributed by atoms with Gasteiger partial charge in [-0.05, 0) is 42.9 Å². The number of hydrogen-bond donors (Lipinski definition) is 2. The van der Waals surface area contributed by atoms with Crippen molar-refractivity contribution in [2.75, 3.05) is 18.0 Å². The molecule has 104 valence electrons. The van der Waals surface area contributed by atoms with E-state index in [4.69, 9.17) is 10.9 Å². The first kappa shape index (κ1) is 13.7. The average molecular weight is 261 g/mol. The van der Waals surface area contributed by atoms with Crippen LogP contribution in [-0.2, 0) is 0 Å². The quantitative estimate of drug-likeness (QED) is 0.372. The molecule has 0 bridgehead atoms. The van der Waals surface area contributed by atoms with Gasteiger partial charge in [0.25, 0.3) is 0 Å². The fourth-order valence-electron chi connectivity index (χ4n) is 2.66. The molecule has 1 aliphatic heterocycles. The largest absolute Gasteiger partial charge is 0.409 e. The Labute approximate surface area is 114 Å². The molecule has 0 amide bonds. The van der Waals surface area contributed by atoms with E-state index in [-0.39, 0.29) is 5.84 Å². The summed E-state index contributed by atoms with van der Waals surface area (Å²) in [5.41, 5.74) is 8.87. The second-order valence-corrected chi connectivity index (χ2v) is 5.70. The third-order valence-corrected chi connectivity index (χ3v) is 4.21. The summed E-state index contributed by atoms with van der Waals surface area (Å²) in [5, 5.41) is 12.1. The molecule has 2 unspecified atom stereocenters. The molecule has 2 atom stereocenters. The molecule has 4 heteroatoms. The highest BCUT2D eigenvalue weighted by Gasteiger charge is 2.24. The molecule has 19 heavy (non-hydrogen) atoms. The van der Waals surface area contributed by atoms with Gasteiger partial charge in [-0.1, -0.05) is 25.1 Å². The van der Waals surface area contributed by atoms with E-state index >= 15 is 0 Å². The van der Waals surface area contributed by atoms with Crippen LogP contribution >= 0.6 is 0 Å². The zero-order valence-electron chi connectivity index (χ0n) is 11.9. The monoisotopic (exact) mass is 261 g/mol. The molecule has 2 rings (SSSR count). The molecule has 1 aromatic rings. The first-order valence-corrected chi connectivity index (χ1v) is 6.86. The van der Waals surface area contributed by atoms with Crippen LogP contribution in [-0.4, -0.2) is 24.1 Å². The van der Waals surface area contributed by atoms with Gasteiger partial charge in [0.2, 0.25) is 0 Å². The molecule has 0 saturated carbocycles. The van der Waals surface area contributed by atoms with E-state index in [1.807, 2.05) is 12.1 Å². The van der Waals surface area contributed by atoms with E-state index in [2.05, 4.69) is 36.9 Å². The molecule has 0 aliphatic carbocycles. The fourth-order valence-corrected chi connectivity index (χ4v) is 2.66. The number of aryl methyl sites for hydroxylation is 1. The Morgan fingerprint density at radius 2 is 2.11 bits per heavy atom. The van der Waals surface area contributed by atoms with Crippen LogP contribution in [0.4, 0.5) is 5.69 Å². The summed E-state index contributed by atoms with van der Waals surface area (Å²) in [4.78, 5) is 2.35. The molecule has 1 saturated heterocycles. The van der Waals surface area contributed by atoms with Gasteiger partial charge in [0.05, 0.1) is 0 Å². The number of piperidine rings is 1. The van der Waals surface area contributed by atoms with Crippen LogP contribution in [0.1, 0.15) is 31.4 Å². The zero-order valence-corrected chi connectivity index (χ0v) is 11.9. The number of nitrogens with zero attached hydrogens (tertiary/aromatic N) is 2. The van der Waals surface area contributed by atoms with E-state index in [1.165, 1.54) is 12.0 Å². The summed E-state index contributed by atoms with van der Waals surface area (Å²) >= 11 is 0. The van der Waals surface area contributed by atoms with Gasteiger partial charge in [-0.3, -0.25) is 0 Å². The van der Waals surface area contributed by atoms with Gasteiger partial charge in [-0.25, -0.2) is 0 Å². The van der Waals surface area contributed by atoms with Gasteiger partial charge in [0.1, 0.15) is 0 Å². The molecule has 1 fully saturated rings. The summed E-state index contributed by atoms with van der Waals surface area (Å²) in [7, 11) is 0. The summed E-state index contributed by atoms with van der Waals surface area (Å²) in [6.45, 7) is 8.71. The number of benzene rings is 1. The molecular weight excluding hydrogens is 238 g/mol. The topological polar surface area (TPSA) is 61.9 Å². The maximum Gasteiger partial charge on any atom is 0.172 e. The van der Waals surface area contributed by atoms with Crippen molar-refractivity contribution < 1.29 is 5.21 Å². The van der Waals surface area contributed by atoms with Crippen LogP contribution in [0.15, 0.2) is 23.4 Å². The van der Waals surface area contributed by atoms with Crippen LogP contribution < -0.4 is 10.6 Å². The maximum absolute atomic E-state index is 8.92. The summed E-state index contributed by atoms with van der Waals surface area (Å²) in [6, 6.07) is 6.05. The molecule has 0 spiro atoms. The summed E-state index contributed by atoms with van der Waals surface area (Å²) in [6.07, 6.45) is 1.19. The highest BCUT2D eigenvalue weighted by Crippen LogP contribution is 2.30. The van der Waals surface area contributed by atoms with Gasteiger partial charge < -0.3 is 15.8 Å². The van der Waals surface area contributed by atoms with Crippen molar-refractivity contribution in [3.8, 4) is 0 Å². The van der Waals surface area contributed by atoms with Crippen molar-refractivity contribution in [1.29, 1.82) is 0 Å². The number of oxime groups is 1. The lowest BCUT2D eigenvalue weighted by atomic mass is 9.88. The minimum absolute atomic E-state index is 0.182. The molecular formula is C15H23N3O. The Bertz CT molecular complexity index is 484. The highest BCUT2D eigenvalue weighted by molar-refractivity contribution is 6.02. The minimum Gasteiger partial charge on any atom is -0.409 e. The predicted octanol–water partition coefficient (Wildman–Crippen LogP) is 2.57. The molecule has 3 N–H and O–H groups in total. The molecule has 1 aliphatic rings. The minimum atomic E-state index is 0.182. The molecule has 4 nitrogen and oxygen atoms in total. The third kappa shape index (κ3) is 2.83. The smallest absolute Gasteiger partial charge is 0.172 e. The van der Waals surface area contributed by atoms with Crippen molar-refractivity contribution in [2.45, 2.75) is 27.2 Å². The Morgan fingerprint density at radius 3 is 2.74 bits per heavy atom. The van der Waals surface area contributed by atoms with Crippen molar-refractivity contribution in [3.05, 3.63) is 29.3 Å². The lowest BCUT2D eigenvalue weighted by Crippen LogP contribution is -2.39. The third-order valence-electron chi connectivity index (χ3n) is 4.21. The van der Waals surface area contributed by atoms with Crippen molar-refractivity contribution in [1.82, 2.24) is 0 Å². The van der Waals surface area contributed by atoms with Crippen LogP contribution in [0, 0.1) is 18.8 Å². The summed E-state index contributed by atoms with van der Waals surface area (Å²) in [5.74, 6) is 1.60. The number of amidine groups is 1. The van der Waals surface area contributed by atoms with Gasteiger partial charge >= 0.3 is 0 Å². The standard InChI is InChI=1S/C15H23N3O/c1-10-4-5-13(15(16)17-19)14(8-10)18-7-6-11(2)12(3)9-18/h4-5,8,11-12,19H,6-7,9H2,1-3H3,(H2,16,17). The Morgan fingerprint density at radius 1 is 1.37 bits per heavy atom. The Kier molecular flexibility index (Phi) is 3.98. The van der Waals surface area contributed by atoms with Crippen LogP contribution in [0.3, 0.4) is 0 Å². The van der Waals surface area contributed by atoms with Crippen molar-refractivity contribution in [3.63, 3.8) is 0 Å². The Balaban J connectivity index is 2.35. The Hall–Kier alpha value is -1.71. The van der Waals surface area contributed by atoms with Crippen molar-refractivity contribution >= 4 is 11.5 Å². The van der Waals surface area contributed by atoms with E-state index in [9.17, 15) is 0 Å². The lowest BCUT2D eigenvalue weighted by Gasteiger charge is -2.37. The van der Waals surface area contributed by atoms with E-state index < -0.39 is 0 Å². The molecule has 1 heterocycles. The SMILES string of the molecule is Cc1ccc(/C(N)=N/O)c(N2CCC(C)C(C)C2)c1. The van der Waals surface area contributed by atoms with Crippen LogP contribution in [0.5, 0.6) is 0 Å². The van der Waals surface area contributed by atoms with Gasteiger partial charge in [-0.2, -0.15) is 0 Å². The number of anilines is 1. The maximum atomic E-state index is 8.92. The number of hydrogen-bond acceptors (Lipinski definition) is 3. The number of nitrogens with two attached hydrogens (primary N) is 1. The van der Waals surface area contributed by atoms with Crippen molar-refractivity contribution in [2.24, 2.45) is 22.7 Å². The van der Waals surface area contributed by atoms with E-state index in [1.54, 1.807) is 0 Å². The van der Waals surface area contributed by atoms with Crippen LogP contribution in [0.25, 0.3) is 0 Å². The summed E-state index contributed by atoms with van der Waals surface area (Å²) < 4.78 is 0. The first-order chi connectivity index (χ1) is 9.02. The average Bonchev–Trinajstić information content (AvgIpc) is 2.41.